The number of hydrogen-bond acceptors (Lipinski definition) is 3. The third kappa shape index (κ3) is 2.16. The number of likely N-dealkylation sites (tertiary alicyclic amines) is 2. The minimum absolute atomic E-state index is 0.0669. The molecule has 0 saturated carbocycles. The number of rotatable bonds is 2. The summed E-state index contributed by atoms with van der Waals surface area (Å²) in [6.07, 6.45) is 3.36. The number of nitrogens with one attached hydrogen (secondary N) is 1. The summed E-state index contributed by atoms with van der Waals surface area (Å²) in [5.41, 5.74) is 0. The van der Waals surface area contributed by atoms with E-state index < -0.39 is 0 Å². The van der Waals surface area contributed by atoms with Crippen LogP contribution < -0.4 is 5.32 Å². The molecule has 2 heterocycles. The van der Waals surface area contributed by atoms with Gasteiger partial charge in [0.05, 0.1) is 6.04 Å². The van der Waals surface area contributed by atoms with Crippen molar-refractivity contribution < 1.29 is 4.79 Å². The van der Waals surface area contributed by atoms with Crippen LogP contribution in [0.4, 0.5) is 0 Å². The number of amides is 1. The molecule has 86 valence electrons. The molecule has 1 amide bonds. The van der Waals surface area contributed by atoms with Crippen LogP contribution in [0.25, 0.3) is 0 Å². The third-order valence-electron chi connectivity index (χ3n) is 3.63. The first-order valence-corrected chi connectivity index (χ1v) is 5.88. The lowest BCUT2D eigenvalue weighted by atomic mass is 10.1. The number of piperidine rings is 1. The highest BCUT2D eigenvalue weighted by atomic mass is 16.2. The van der Waals surface area contributed by atoms with Gasteiger partial charge >= 0.3 is 0 Å². The fraction of sp³-hybridized carbons (Fsp3) is 0.909. The summed E-state index contributed by atoms with van der Waals surface area (Å²) in [5, 5.41) is 3.09. The summed E-state index contributed by atoms with van der Waals surface area (Å²) >= 11 is 0. The van der Waals surface area contributed by atoms with Gasteiger partial charge in [-0.05, 0) is 39.9 Å². The quantitative estimate of drug-likeness (QED) is 0.693. The van der Waals surface area contributed by atoms with Gasteiger partial charge in [-0.15, -0.1) is 0 Å². The summed E-state index contributed by atoms with van der Waals surface area (Å²) in [5.74, 6) is 0.304. The minimum Gasteiger partial charge on any atom is -0.337 e. The van der Waals surface area contributed by atoms with Crippen LogP contribution in [-0.4, -0.2) is 61.5 Å². The van der Waals surface area contributed by atoms with Crippen LogP contribution in [-0.2, 0) is 4.79 Å². The summed E-state index contributed by atoms with van der Waals surface area (Å²) in [6, 6.07) is 0.520. The molecule has 2 saturated heterocycles. The highest BCUT2D eigenvalue weighted by Crippen LogP contribution is 2.20. The fourth-order valence-electron chi connectivity index (χ4n) is 2.73. The first-order valence-electron chi connectivity index (χ1n) is 5.88. The van der Waals surface area contributed by atoms with Crippen molar-refractivity contribution in [3.8, 4) is 0 Å². The first kappa shape index (κ1) is 10.9. The molecule has 0 radical (unpaired) electrons. The van der Waals surface area contributed by atoms with Crippen molar-refractivity contribution in [2.24, 2.45) is 0 Å². The van der Waals surface area contributed by atoms with E-state index in [1.807, 2.05) is 7.05 Å². The number of likely N-dealkylation sites (N-methyl/N-ethyl adjacent to an activating group) is 2. The predicted octanol–water partition coefficient (Wildman–Crippen LogP) is -0.0991. The van der Waals surface area contributed by atoms with E-state index in [1.54, 1.807) is 0 Å². The van der Waals surface area contributed by atoms with Crippen LogP contribution in [0.2, 0.25) is 0 Å². The summed E-state index contributed by atoms with van der Waals surface area (Å²) in [6.45, 7) is 3.15. The van der Waals surface area contributed by atoms with E-state index in [1.165, 1.54) is 19.4 Å². The van der Waals surface area contributed by atoms with Crippen molar-refractivity contribution in [3.05, 3.63) is 0 Å². The van der Waals surface area contributed by atoms with Gasteiger partial charge in [0.15, 0.2) is 0 Å². The van der Waals surface area contributed by atoms with Gasteiger partial charge in [-0.25, -0.2) is 0 Å². The second-order valence-corrected chi connectivity index (χ2v) is 4.72. The maximum Gasteiger partial charge on any atom is 0.240 e. The molecule has 4 nitrogen and oxygen atoms in total. The Morgan fingerprint density at radius 1 is 1.33 bits per heavy atom. The largest absolute Gasteiger partial charge is 0.337 e. The molecule has 2 aliphatic rings. The maximum atomic E-state index is 12.0. The molecule has 0 aromatic rings. The van der Waals surface area contributed by atoms with Gasteiger partial charge in [-0.2, -0.15) is 0 Å². The van der Waals surface area contributed by atoms with Crippen molar-refractivity contribution in [1.29, 1.82) is 0 Å². The number of nitrogens with zero attached hydrogens (tertiary/aromatic N) is 2. The van der Waals surface area contributed by atoms with Crippen molar-refractivity contribution in [2.75, 3.05) is 33.7 Å². The smallest absolute Gasteiger partial charge is 0.240 e. The summed E-state index contributed by atoms with van der Waals surface area (Å²) in [4.78, 5) is 16.4. The molecule has 0 spiro atoms. The van der Waals surface area contributed by atoms with Gasteiger partial charge in [-0.3, -0.25) is 4.79 Å². The van der Waals surface area contributed by atoms with Crippen LogP contribution in [0.3, 0.4) is 0 Å². The molecule has 0 aromatic carbocycles. The number of carbonyl (C=O) groups is 1. The molecule has 0 aliphatic carbocycles. The molecule has 15 heavy (non-hydrogen) atoms. The second kappa shape index (κ2) is 4.49. The van der Waals surface area contributed by atoms with Crippen LogP contribution in [0.15, 0.2) is 0 Å². The van der Waals surface area contributed by atoms with Crippen molar-refractivity contribution in [2.45, 2.75) is 31.3 Å². The van der Waals surface area contributed by atoms with Crippen LogP contribution in [0.5, 0.6) is 0 Å². The van der Waals surface area contributed by atoms with E-state index in [-0.39, 0.29) is 6.04 Å². The van der Waals surface area contributed by atoms with Crippen molar-refractivity contribution in [3.63, 3.8) is 0 Å². The highest BCUT2D eigenvalue weighted by Gasteiger charge is 2.35. The van der Waals surface area contributed by atoms with E-state index in [0.29, 0.717) is 11.9 Å². The van der Waals surface area contributed by atoms with Crippen LogP contribution >= 0.6 is 0 Å². The Balaban J connectivity index is 1.96. The van der Waals surface area contributed by atoms with E-state index in [4.69, 9.17) is 0 Å². The molecular weight excluding hydrogens is 190 g/mol. The lowest BCUT2D eigenvalue weighted by Crippen LogP contribution is -2.49. The Morgan fingerprint density at radius 2 is 2.13 bits per heavy atom. The van der Waals surface area contributed by atoms with Gasteiger partial charge in [-0.1, -0.05) is 0 Å². The normalized spacial score (nSPS) is 33.7. The Morgan fingerprint density at radius 3 is 2.73 bits per heavy atom. The Hall–Kier alpha value is -0.610. The van der Waals surface area contributed by atoms with E-state index in [2.05, 4.69) is 22.2 Å². The first-order chi connectivity index (χ1) is 7.22. The molecular formula is C11H21N3O. The maximum absolute atomic E-state index is 12.0. The SMILES string of the molecule is CNC1CCN(C2CCCN(C)C2)C1=O. The molecule has 2 unspecified atom stereocenters. The average Bonchev–Trinajstić information content (AvgIpc) is 2.59. The molecule has 0 bridgehead atoms. The third-order valence-corrected chi connectivity index (χ3v) is 3.63. The predicted molar refractivity (Wildman–Crippen MR) is 59.7 cm³/mol. The number of hydrogen-bond donors (Lipinski definition) is 1. The van der Waals surface area contributed by atoms with Crippen LogP contribution in [0, 0.1) is 0 Å². The summed E-state index contributed by atoms with van der Waals surface area (Å²) < 4.78 is 0. The second-order valence-electron chi connectivity index (χ2n) is 4.72. The minimum atomic E-state index is 0.0669. The zero-order chi connectivity index (χ0) is 10.8. The van der Waals surface area contributed by atoms with Gasteiger partial charge in [0.2, 0.25) is 5.91 Å². The zero-order valence-corrected chi connectivity index (χ0v) is 9.70. The fourth-order valence-corrected chi connectivity index (χ4v) is 2.73. The van der Waals surface area contributed by atoms with E-state index in [9.17, 15) is 4.79 Å². The van der Waals surface area contributed by atoms with E-state index >= 15 is 0 Å². The average molecular weight is 211 g/mol. The van der Waals surface area contributed by atoms with Gasteiger partial charge in [0.1, 0.15) is 0 Å². The van der Waals surface area contributed by atoms with Gasteiger partial charge < -0.3 is 15.1 Å². The number of carbonyl (C=O) groups excluding carboxylic acids is 1. The van der Waals surface area contributed by atoms with Crippen molar-refractivity contribution in [1.82, 2.24) is 15.1 Å². The molecule has 2 rings (SSSR count). The lowest BCUT2D eigenvalue weighted by Gasteiger charge is -2.35. The summed E-state index contributed by atoms with van der Waals surface area (Å²) in [7, 11) is 4.02. The Bertz CT molecular complexity index is 244. The van der Waals surface area contributed by atoms with Gasteiger partial charge in [0, 0.05) is 19.1 Å². The Kier molecular flexibility index (Phi) is 3.26. The standard InChI is InChI=1S/C11H21N3O/c1-12-10-5-7-14(11(10)15)9-4-3-6-13(2)8-9/h9-10,12H,3-8H2,1-2H3. The highest BCUT2D eigenvalue weighted by molar-refractivity contribution is 5.84. The van der Waals surface area contributed by atoms with Crippen LogP contribution in [0.1, 0.15) is 19.3 Å². The molecule has 2 fully saturated rings. The molecule has 4 heteroatoms. The molecule has 2 aliphatic heterocycles. The topological polar surface area (TPSA) is 35.6 Å². The van der Waals surface area contributed by atoms with Crippen molar-refractivity contribution >= 4 is 5.91 Å². The molecule has 1 N–H and O–H groups in total. The lowest BCUT2D eigenvalue weighted by molar-refractivity contribution is -0.132. The van der Waals surface area contributed by atoms with E-state index in [0.717, 1.165) is 19.5 Å². The molecule has 2 atom stereocenters. The monoisotopic (exact) mass is 211 g/mol. The zero-order valence-electron chi connectivity index (χ0n) is 9.70. The Labute approximate surface area is 91.6 Å². The molecule has 0 aromatic heterocycles. The van der Waals surface area contributed by atoms with Gasteiger partial charge in [0.25, 0.3) is 0 Å².